The van der Waals surface area contributed by atoms with E-state index in [0.29, 0.717) is 5.69 Å². The standard InChI is InChI=1S/C11H15N3O3S/c12-18(16,17)10-6-4-9(5-7-10)14-11(15)13-8-2-1-3-8/h4-8H,1-3H2,(H2,12,16,17)(H2,13,14,15). The predicted octanol–water partition coefficient (Wildman–Crippen LogP) is 1.01. The van der Waals surface area contributed by atoms with Crippen LogP contribution in [0.4, 0.5) is 10.5 Å². The Kier molecular flexibility index (Phi) is 3.53. The van der Waals surface area contributed by atoms with E-state index in [1.54, 1.807) is 0 Å². The first kappa shape index (κ1) is 12.8. The van der Waals surface area contributed by atoms with Crippen LogP contribution in [0, 0.1) is 0 Å². The molecular weight excluding hydrogens is 254 g/mol. The summed E-state index contributed by atoms with van der Waals surface area (Å²) < 4.78 is 22.1. The van der Waals surface area contributed by atoms with Crippen molar-refractivity contribution in [2.75, 3.05) is 5.32 Å². The van der Waals surface area contributed by atoms with Gasteiger partial charge in [0.15, 0.2) is 0 Å². The Labute approximate surface area is 106 Å². The van der Waals surface area contributed by atoms with Gasteiger partial charge in [0.2, 0.25) is 10.0 Å². The molecule has 0 atom stereocenters. The lowest BCUT2D eigenvalue weighted by Gasteiger charge is -2.26. The van der Waals surface area contributed by atoms with Crippen molar-refractivity contribution in [1.82, 2.24) is 5.32 Å². The number of primary sulfonamides is 1. The van der Waals surface area contributed by atoms with Crippen LogP contribution in [-0.4, -0.2) is 20.5 Å². The van der Waals surface area contributed by atoms with Crippen LogP contribution in [0.2, 0.25) is 0 Å². The molecule has 2 amide bonds. The van der Waals surface area contributed by atoms with E-state index in [4.69, 9.17) is 5.14 Å². The maximum absolute atomic E-state index is 11.5. The largest absolute Gasteiger partial charge is 0.335 e. The van der Waals surface area contributed by atoms with Gasteiger partial charge >= 0.3 is 6.03 Å². The molecule has 0 spiro atoms. The van der Waals surface area contributed by atoms with Crippen molar-refractivity contribution in [2.45, 2.75) is 30.2 Å². The van der Waals surface area contributed by atoms with Crippen molar-refractivity contribution < 1.29 is 13.2 Å². The number of hydrogen-bond donors (Lipinski definition) is 3. The summed E-state index contributed by atoms with van der Waals surface area (Å²) in [6.45, 7) is 0. The summed E-state index contributed by atoms with van der Waals surface area (Å²) in [7, 11) is -3.69. The summed E-state index contributed by atoms with van der Waals surface area (Å²) in [6, 6.07) is 5.69. The van der Waals surface area contributed by atoms with Crippen molar-refractivity contribution in [1.29, 1.82) is 0 Å². The van der Waals surface area contributed by atoms with E-state index in [9.17, 15) is 13.2 Å². The summed E-state index contributed by atoms with van der Waals surface area (Å²) in [6.07, 6.45) is 3.17. The van der Waals surface area contributed by atoms with Gasteiger partial charge in [0.05, 0.1) is 4.90 Å². The zero-order chi connectivity index (χ0) is 13.2. The first-order valence-electron chi connectivity index (χ1n) is 5.65. The summed E-state index contributed by atoms with van der Waals surface area (Å²) in [4.78, 5) is 11.6. The van der Waals surface area contributed by atoms with Crippen molar-refractivity contribution in [2.24, 2.45) is 5.14 Å². The highest BCUT2D eigenvalue weighted by molar-refractivity contribution is 7.89. The average molecular weight is 269 g/mol. The summed E-state index contributed by atoms with van der Waals surface area (Å²) in [5, 5.41) is 10.4. The number of hydrogen-bond acceptors (Lipinski definition) is 3. The highest BCUT2D eigenvalue weighted by Gasteiger charge is 2.19. The predicted molar refractivity (Wildman–Crippen MR) is 67.6 cm³/mol. The van der Waals surface area contributed by atoms with Gasteiger partial charge < -0.3 is 10.6 Å². The molecule has 1 aromatic rings. The molecule has 1 aliphatic carbocycles. The second-order valence-electron chi connectivity index (χ2n) is 4.30. The van der Waals surface area contributed by atoms with Crippen LogP contribution in [0.25, 0.3) is 0 Å². The third-order valence-electron chi connectivity index (χ3n) is 2.88. The zero-order valence-corrected chi connectivity index (χ0v) is 10.5. The smallest absolute Gasteiger partial charge is 0.319 e. The van der Waals surface area contributed by atoms with E-state index < -0.39 is 10.0 Å². The number of anilines is 1. The second kappa shape index (κ2) is 4.95. The van der Waals surface area contributed by atoms with Crippen molar-refractivity contribution in [3.63, 3.8) is 0 Å². The van der Waals surface area contributed by atoms with Crippen LogP contribution in [-0.2, 0) is 10.0 Å². The molecular formula is C11H15N3O3S. The minimum Gasteiger partial charge on any atom is -0.335 e. The van der Waals surface area contributed by atoms with E-state index in [0.717, 1.165) is 19.3 Å². The molecule has 0 radical (unpaired) electrons. The van der Waals surface area contributed by atoms with Gasteiger partial charge in [-0.05, 0) is 43.5 Å². The SMILES string of the molecule is NS(=O)(=O)c1ccc(NC(=O)NC2CCC2)cc1. The van der Waals surface area contributed by atoms with Gasteiger partial charge in [-0.3, -0.25) is 0 Å². The number of nitrogens with two attached hydrogens (primary N) is 1. The van der Waals surface area contributed by atoms with E-state index in [1.807, 2.05) is 0 Å². The molecule has 0 saturated heterocycles. The number of carbonyl (C=O) groups is 1. The molecule has 0 aromatic heterocycles. The molecule has 98 valence electrons. The summed E-state index contributed by atoms with van der Waals surface area (Å²) in [5.74, 6) is 0. The monoisotopic (exact) mass is 269 g/mol. The lowest BCUT2D eigenvalue weighted by atomic mass is 9.93. The van der Waals surface area contributed by atoms with E-state index in [1.165, 1.54) is 24.3 Å². The number of sulfonamides is 1. The zero-order valence-electron chi connectivity index (χ0n) is 9.72. The molecule has 1 aliphatic rings. The van der Waals surface area contributed by atoms with E-state index >= 15 is 0 Å². The maximum Gasteiger partial charge on any atom is 0.319 e. The molecule has 1 fully saturated rings. The van der Waals surface area contributed by atoms with Gasteiger partial charge in [-0.15, -0.1) is 0 Å². The fourth-order valence-corrected chi connectivity index (χ4v) is 2.15. The minimum atomic E-state index is -3.69. The lowest BCUT2D eigenvalue weighted by molar-refractivity contribution is 0.240. The van der Waals surface area contributed by atoms with Crippen LogP contribution in [0.3, 0.4) is 0 Å². The van der Waals surface area contributed by atoms with Crippen molar-refractivity contribution in [3.8, 4) is 0 Å². The molecule has 1 aromatic carbocycles. The summed E-state index contributed by atoms with van der Waals surface area (Å²) >= 11 is 0. The molecule has 18 heavy (non-hydrogen) atoms. The molecule has 0 unspecified atom stereocenters. The second-order valence-corrected chi connectivity index (χ2v) is 5.86. The molecule has 1 saturated carbocycles. The van der Waals surface area contributed by atoms with Crippen molar-refractivity contribution in [3.05, 3.63) is 24.3 Å². The third-order valence-corrected chi connectivity index (χ3v) is 3.81. The number of carbonyl (C=O) groups excluding carboxylic acids is 1. The Morgan fingerprint density at radius 1 is 1.22 bits per heavy atom. The first-order valence-corrected chi connectivity index (χ1v) is 7.20. The number of amides is 2. The molecule has 0 aliphatic heterocycles. The highest BCUT2D eigenvalue weighted by atomic mass is 32.2. The molecule has 2 rings (SSSR count). The van der Waals surface area contributed by atoms with Crippen LogP contribution in [0.15, 0.2) is 29.2 Å². The summed E-state index contributed by atoms with van der Waals surface area (Å²) in [5.41, 5.74) is 0.527. The van der Waals surface area contributed by atoms with Crippen molar-refractivity contribution >= 4 is 21.7 Å². The topological polar surface area (TPSA) is 101 Å². The molecule has 6 nitrogen and oxygen atoms in total. The molecule has 0 bridgehead atoms. The van der Waals surface area contributed by atoms with Crippen LogP contribution < -0.4 is 15.8 Å². The number of urea groups is 1. The fourth-order valence-electron chi connectivity index (χ4n) is 1.63. The van der Waals surface area contributed by atoms with Crippen LogP contribution >= 0.6 is 0 Å². The Balaban J connectivity index is 1.95. The normalized spacial score (nSPS) is 15.8. The number of nitrogens with one attached hydrogen (secondary N) is 2. The minimum absolute atomic E-state index is 0.0208. The van der Waals surface area contributed by atoms with Crippen LogP contribution in [0.5, 0.6) is 0 Å². The first-order chi connectivity index (χ1) is 8.45. The molecule has 4 N–H and O–H groups in total. The highest BCUT2D eigenvalue weighted by Crippen LogP contribution is 2.18. The van der Waals surface area contributed by atoms with Gasteiger partial charge in [0, 0.05) is 11.7 Å². The average Bonchev–Trinajstić information content (AvgIpc) is 2.23. The van der Waals surface area contributed by atoms with E-state index in [2.05, 4.69) is 10.6 Å². The fraction of sp³-hybridized carbons (Fsp3) is 0.364. The molecule has 0 heterocycles. The van der Waals surface area contributed by atoms with Gasteiger partial charge in [-0.2, -0.15) is 0 Å². The Morgan fingerprint density at radius 2 is 1.83 bits per heavy atom. The van der Waals surface area contributed by atoms with Gasteiger partial charge in [0.25, 0.3) is 0 Å². The van der Waals surface area contributed by atoms with E-state index in [-0.39, 0.29) is 17.0 Å². The number of rotatable bonds is 3. The quantitative estimate of drug-likeness (QED) is 0.763. The van der Waals surface area contributed by atoms with Gasteiger partial charge in [-0.1, -0.05) is 0 Å². The Bertz CT molecular complexity index is 535. The molecule has 7 heteroatoms. The van der Waals surface area contributed by atoms with Gasteiger partial charge in [0.1, 0.15) is 0 Å². The third kappa shape index (κ3) is 3.21. The van der Waals surface area contributed by atoms with Crippen LogP contribution in [0.1, 0.15) is 19.3 Å². The Hall–Kier alpha value is -1.60. The Morgan fingerprint density at radius 3 is 2.28 bits per heavy atom. The van der Waals surface area contributed by atoms with Gasteiger partial charge in [-0.25, -0.2) is 18.4 Å². The lowest BCUT2D eigenvalue weighted by Crippen LogP contribution is -2.41. The maximum atomic E-state index is 11.5. The number of benzene rings is 1.